The molecule has 6 nitrogen and oxygen atoms in total. The number of hydrogen-bond acceptors (Lipinski definition) is 5. The molecule has 0 bridgehead atoms. The van der Waals surface area contributed by atoms with Crippen LogP contribution in [0, 0.1) is 5.82 Å². The van der Waals surface area contributed by atoms with Gasteiger partial charge in [-0.1, -0.05) is 11.8 Å². The van der Waals surface area contributed by atoms with E-state index in [1.54, 1.807) is 6.07 Å². The summed E-state index contributed by atoms with van der Waals surface area (Å²) in [6.07, 6.45) is 0. The second kappa shape index (κ2) is 5.49. The van der Waals surface area contributed by atoms with Gasteiger partial charge in [0.2, 0.25) is 5.43 Å². The third-order valence-electron chi connectivity index (χ3n) is 4.55. The van der Waals surface area contributed by atoms with Crippen LogP contribution in [0.3, 0.4) is 0 Å². The number of aromatic carboxylic acids is 1. The van der Waals surface area contributed by atoms with Crippen molar-refractivity contribution >= 4 is 34.3 Å². The maximum Gasteiger partial charge on any atom is 0.342 e. The number of hydrogen-bond donors (Lipinski definition) is 2. The average molecular weight is 349 g/mol. The Kier molecular flexibility index (Phi) is 3.54. The number of carboxylic acid groups (broad SMARTS) is 1. The molecule has 2 aliphatic rings. The number of aromatic nitrogens is 1. The molecule has 3 heterocycles. The molecule has 0 saturated carbocycles. The Morgan fingerprint density at radius 3 is 2.71 bits per heavy atom. The molecule has 1 atom stereocenters. The van der Waals surface area contributed by atoms with E-state index in [1.165, 1.54) is 17.8 Å². The molecule has 0 spiro atoms. The van der Waals surface area contributed by atoms with Gasteiger partial charge in [0.25, 0.3) is 0 Å². The van der Waals surface area contributed by atoms with E-state index in [-0.39, 0.29) is 16.3 Å². The number of carboxylic acids is 1. The van der Waals surface area contributed by atoms with E-state index in [4.69, 9.17) is 0 Å². The van der Waals surface area contributed by atoms with Crippen molar-refractivity contribution in [3.63, 3.8) is 0 Å². The summed E-state index contributed by atoms with van der Waals surface area (Å²) in [6.45, 7) is 4.87. The minimum absolute atomic E-state index is 0.0162. The highest BCUT2D eigenvalue weighted by molar-refractivity contribution is 8.00. The molecule has 0 radical (unpaired) electrons. The van der Waals surface area contributed by atoms with Crippen molar-refractivity contribution in [2.24, 2.45) is 0 Å². The zero-order valence-electron chi connectivity index (χ0n) is 13.0. The quantitative estimate of drug-likeness (QED) is 0.862. The minimum Gasteiger partial charge on any atom is -0.477 e. The molecule has 0 aliphatic carbocycles. The third kappa shape index (κ3) is 2.13. The molecule has 8 heteroatoms. The number of fused-ring (bicyclic) bond motifs is 3. The lowest BCUT2D eigenvalue weighted by atomic mass is 10.1. The van der Waals surface area contributed by atoms with Gasteiger partial charge in [0.1, 0.15) is 11.4 Å². The van der Waals surface area contributed by atoms with Crippen LogP contribution in [0.1, 0.15) is 22.7 Å². The van der Waals surface area contributed by atoms with Gasteiger partial charge in [0.05, 0.1) is 21.6 Å². The summed E-state index contributed by atoms with van der Waals surface area (Å²) < 4.78 is 16.4. The summed E-state index contributed by atoms with van der Waals surface area (Å²) >= 11 is 1.35. The van der Waals surface area contributed by atoms with Gasteiger partial charge in [0.15, 0.2) is 0 Å². The third-order valence-corrected chi connectivity index (χ3v) is 5.72. The fourth-order valence-electron chi connectivity index (χ4n) is 3.37. The van der Waals surface area contributed by atoms with Crippen LogP contribution in [0.15, 0.2) is 22.0 Å². The second-order valence-electron chi connectivity index (χ2n) is 5.96. The van der Waals surface area contributed by atoms with Gasteiger partial charge in [-0.05, 0) is 19.1 Å². The molecule has 4 rings (SSSR count). The van der Waals surface area contributed by atoms with Gasteiger partial charge >= 0.3 is 5.97 Å². The Morgan fingerprint density at radius 2 is 2.08 bits per heavy atom. The van der Waals surface area contributed by atoms with Crippen LogP contribution in [-0.4, -0.2) is 41.8 Å². The molecule has 2 N–H and O–H groups in total. The Hall–Kier alpha value is -2.06. The smallest absolute Gasteiger partial charge is 0.342 e. The first-order valence-electron chi connectivity index (χ1n) is 7.76. The van der Waals surface area contributed by atoms with Gasteiger partial charge in [-0.25, -0.2) is 9.18 Å². The maximum absolute atomic E-state index is 14.6. The number of rotatable bonds is 2. The van der Waals surface area contributed by atoms with E-state index in [0.29, 0.717) is 29.3 Å². The summed E-state index contributed by atoms with van der Waals surface area (Å²) in [5.41, 5.74) is 0.181. The molecule has 2 aliphatic heterocycles. The van der Waals surface area contributed by atoms with Crippen LogP contribution < -0.4 is 15.6 Å². The van der Waals surface area contributed by atoms with E-state index in [1.807, 2.05) is 16.4 Å². The topological polar surface area (TPSA) is 74.6 Å². The number of halogens is 1. The first kappa shape index (κ1) is 15.5. The van der Waals surface area contributed by atoms with Crippen molar-refractivity contribution in [3.05, 3.63) is 33.7 Å². The number of nitrogens with zero attached hydrogens (tertiary/aromatic N) is 2. The Balaban J connectivity index is 1.99. The summed E-state index contributed by atoms with van der Waals surface area (Å²) in [4.78, 5) is 25.9. The molecule has 1 aromatic heterocycles. The largest absolute Gasteiger partial charge is 0.477 e. The van der Waals surface area contributed by atoms with E-state index in [0.717, 1.165) is 13.1 Å². The van der Waals surface area contributed by atoms with Crippen LogP contribution in [0.5, 0.6) is 0 Å². The van der Waals surface area contributed by atoms with Gasteiger partial charge in [-0.2, -0.15) is 0 Å². The molecule has 1 fully saturated rings. The van der Waals surface area contributed by atoms with Crippen molar-refractivity contribution < 1.29 is 14.3 Å². The van der Waals surface area contributed by atoms with E-state index < -0.39 is 17.2 Å². The van der Waals surface area contributed by atoms with Crippen molar-refractivity contribution in [2.75, 3.05) is 31.1 Å². The number of piperazine rings is 1. The highest BCUT2D eigenvalue weighted by atomic mass is 32.2. The first-order valence-corrected chi connectivity index (χ1v) is 8.64. The number of pyridine rings is 1. The molecular weight excluding hydrogens is 333 g/mol. The van der Waals surface area contributed by atoms with Crippen LogP contribution in [0.2, 0.25) is 0 Å². The average Bonchev–Trinajstić information content (AvgIpc) is 2.55. The van der Waals surface area contributed by atoms with Crippen LogP contribution in [0.4, 0.5) is 10.1 Å². The van der Waals surface area contributed by atoms with E-state index >= 15 is 0 Å². The Morgan fingerprint density at radius 1 is 1.38 bits per heavy atom. The maximum atomic E-state index is 14.6. The second-order valence-corrected chi connectivity index (χ2v) is 7.26. The molecule has 1 aromatic carbocycles. The van der Waals surface area contributed by atoms with Crippen LogP contribution in [-0.2, 0) is 0 Å². The number of nitrogens with one attached hydrogen (secondary N) is 1. The lowest BCUT2D eigenvalue weighted by Gasteiger charge is -2.34. The van der Waals surface area contributed by atoms with Crippen molar-refractivity contribution in [1.29, 1.82) is 0 Å². The molecule has 0 amide bonds. The van der Waals surface area contributed by atoms with Gasteiger partial charge in [-0.15, -0.1) is 0 Å². The zero-order chi connectivity index (χ0) is 17.0. The van der Waals surface area contributed by atoms with Gasteiger partial charge in [0, 0.05) is 31.6 Å². The van der Waals surface area contributed by atoms with Crippen LogP contribution >= 0.6 is 11.8 Å². The number of anilines is 1. The minimum atomic E-state index is -1.27. The lowest BCUT2D eigenvalue weighted by Crippen LogP contribution is -2.44. The van der Waals surface area contributed by atoms with Crippen LogP contribution in [0.25, 0.3) is 10.9 Å². The number of benzene rings is 1. The zero-order valence-corrected chi connectivity index (χ0v) is 13.8. The lowest BCUT2D eigenvalue weighted by molar-refractivity contribution is 0.0689. The molecular formula is C16H16FN3O3S. The first-order chi connectivity index (χ1) is 11.5. The number of thioether (sulfide) groups is 1. The molecule has 126 valence electrons. The highest BCUT2D eigenvalue weighted by Crippen LogP contribution is 2.46. The predicted octanol–water partition coefficient (Wildman–Crippen LogP) is 1.87. The number of carbonyl (C=O) groups is 1. The summed E-state index contributed by atoms with van der Waals surface area (Å²) in [5, 5.41) is 13.2. The van der Waals surface area contributed by atoms with Gasteiger partial charge < -0.3 is 19.9 Å². The molecule has 1 saturated heterocycles. The predicted molar refractivity (Wildman–Crippen MR) is 90.8 cm³/mol. The van der Waals surface area contributed by atoms with E-state index in [2.05, 4.69) is 5.32 Å². The van der Waals surface area contributed by atoms with Crippen molar-refractivity contribution in [1.82, 2.24) is 9.88 Å². The normalized spacial score (nSPS) is 19.9. The van der Waals surface area contributed by atoms with Crippen molar-refractivity contribution in [2.45, 2.75) is 17.3 Å². The Bertz CT molecular complexity index is 921. The SMILES string of the molecule is C[C@@H]1Sc2c(C(=O)O)c(=O)c3cc(F)c(N4CCNCC4)cc3n21. The van der Waals surface area contributed by atoms with Crippen molar-refractivity contribution in [3.8, 4) is 0 Å². The summed E-state index contributed by atoms with van der Waals surface area (Å²) in [7, 11) is 0. The van der Waals surface area contributed by atoms with E-state index in [9.17, 15) is 19.1 Å². The highest BCUT2D eigenvalue weighted by Gasteiger charge is 2.33. The summed E-state index contributed by atoms with van der Waals surface area (Å²) in [5.74, 6) is -1.75. The fourth-order valence-corrected chi connectivity index (χ4v) is 4.53. The summed E-state index contributed by atoms with van der Waals surface area (Å²) in [6, 6.07) is 2.87. The molecule has 24 heavy (non-hydrogen) atoms. The Labute approximate surface area is 141 Å². The molecule has 2 aromatic rings. The fraction of sp³-hybridized carbons (Fsp3) is 0.375. The molecule has 0 unspecified atom stereocenters. The monoisotopic (exact) mass is 349 g/mol. The van der Waals surface area contributed by atoms with Gasteiger partial charge in [-0.3, -0.25) is 4.79 Å². The standard InChI is InChI=1S/C16H16FN3O3S/c1-8-20-11-7-12(19-4-2-18-3-5-19)10(17)6-9(11)14(21)13(16(22)23)15(20)24-8/h6-8,18H,2-5H2,1H3,(H,22,23)/t8-/m0/s1.